The van der Waals surface area contributed by atoms with Gasteiger partial charge in [-0.25, -0.2) is 0 Å². The zero-order chi connectivity index (χ0) is 23.2. The van der Waals surface area contributed by atoms with E-state index in [4.69, 9.17) is 23.2 Å². The number of aryl methyl sites for hydroxylation is 1. The predicted octanol–water partition coefficient (Wildman–Crippen LogP) is 6.76. The minimum Gasteiger partial charge on any atom is -0.349 e. The van der Waals surface area contributed by atoms with Gasteiger partial charge in [-0.3, -0.25) is 9.36 Å². The van der Waals surface area contributed by atoms with Gasteiger partial charge in [-0.2, -0.15) is 0 Å². The number of carbonyl (C=O) groups excluding carboxylic acids is 1. The Labute approximate surface area is 209 Å². The average Bonchev–Trinajstić information content (AvgIpc) is 3.45. The Morgan fingerprint density at radius 1 is 1.15 bits per heavy atom. The van der Waals surface area contributed by atoms with Crippen LogP contribution < -0.4 is 5.32 Å². The molecule has 1 fully saturated rings. The molecule has 1 amide bonds. The van der Waals surface area contributed by atoms with Gasteiger partial charge in [0.25, 0.3) is 0 Å². The first-order valence-corrected chi connectivity index (χ1v) is 13.1. The van der Waals surface area contributed by atoms with E-state index in [0.29, 0.717) is 34.8 Å². The van der Waals surface area contributed by atoms with Gasteiger partial charge in [0.1, 0.15) is 0 Å². The van der Waals surface area contributed by atoms with Crippen molar-refractivity contribution in [3.63, 3.8) is 0 Å². The molecule has 174 valence electrons. The number of halogens is 2. The number of nitrogens with one attached hydrogen (secondary N) is 1. The lowest BCUT2D eigenvalue weighted by Gasteiger charge is -2.13. The van der Waals surface area contributed by atoms with Gasteiger partial charge in [-0.05, 0) is 43.0 Å². The smallest absolute Gasteiger partial charge is 0.220 e. The highest BCUT2D eigenvalue weighted by molar-refractivity contribution is 7.98. The molecule has 3 aromatic rings. The number of amides is 1. The Hall–Kier alpha value is -2.02. The maximum atomic E-state index is 12.5. The van der Waals surface area contributed by atoms with Crippen LogP contribution in [0.4, 0.5) is 0 Å². The molecule has 5 nitrogen and oxygen atoms in total. The molecule has 0 atom stereocenters. The third kappa shape index (κ3) is 6.52. The van der Waals surface area contributed by atoms with Gasteiger partial charge in [0.05, 0.1) is 17.3 Å². The Bertz CT molecular complexity index is 1110. The molecule has 1 aliphatic rings. The minimum absolute atomic E-state index is 0.0487. The van der Waals surface area contributed by atoms with Gasteiger partial charge < -0.3 is 5.32 Å². The van der Waals surface area contributed by atoms with Gasteiger partial charge >= 0.3 is 0 Å². The second-order valence-corrected chi connectivity index (χ2v) is 10.4. The van der Waals surface area contributed by atoms with E-state index in [-0.39, 0.29) is 5.91 Å². The average molecular weight is 503 g/mol. The number of carbonyl (C=O) groups is 1. The van der Waals surface area contributed by atoms with Crippen LogP contribution in [0.1, 0.15) is 55.5 Å². The third-order valence-electron chi connectivity index (χ3n) is 6.00. The van der Waals surface area contributed by atoms with Crippen molar-refractivity contribution in [3.8, 4) is 5.69 Å². The van der Waals surface area contributed by atoms with Crippen molar-refractivity contribution in [1.29, 1.82) is 0 Å². The standard InChI is InChI=1S/C25H28Cl2N4OS/c1-17-5-4-8-19(13-17)16-33-25-30-29-23(31(25)22-11-10-20(26)14-21(22)27)15-28-24(32)12-9-18-6-2-3-7-18/h4-5,8,10-11,13-14,18H,2-3,6-7,9,12,15-16H2,1H3,(H,28,32). The number of rotatable bonds is 9. The summed E-state index contributed by atoms with van der Waals surface area (Å²) in [5.74, 6) is 2.13. The molecule has 1 aromatic heterocycles. The largest absolute Gasteiger partial charge is 0.349 e. The van der Waals surface area contributed by atoms with E-state index < -0.39 is 0 Å². The molecule has 2 aromatic carbocycles. The lowest BCUT2D eigenvalue weighted by Crippen LogP contribution is -2.25. The lowest BCUT2D eigenvalue weighted by molar-refractivity contribution is -0.121. The number of hydrogen-bond donors (Lipinski definition) is 1. The highest BCUT2D eigenvalue weighted by Gasteiger charge is 2.19. The summed E-state index contributed by atoms with van der Waals surface area (Å²) in [6, 6.07) is 13.8. The molecule has 1 heterocycles. The minimum atomic E-state index is 0.0487. The molecule has 4 rings (SSSR count). The number of hydrogen-bond acceptors (Lipinski definition) is 4. The number of benzene rings is 2. The van der Waals surface area contributed by atoms with Crippen molar-refractivity contribution < 1.29 is 4.79 Å². The fraction of sp³-hybridized carbons (Fsp3) is 0.400. The quantitative estimate of drug-likeness (QED) is 0.328. The van der Waals surface area contributed by atoms with Crippen molar-refractivity contribution in [2.75, 3.05) is 0 Å². The second kappa shape index (κ2) is 11.4. The molecule has 0 bridgehead atoms. The maximum Gasteiger partial charge on any atom is 0.220 e. The normalized spacial score (nSPS) is 14.0. The molecule has 0 radical (unpaired) electrons. The van der Waals surface area contributed by atoms with Crippen molar-refractivity contribution in [3.05, 3.63) is 69.5 Å². The molecule has 8 heteroatoms. The molecule has 1 N–H and O–H groups in total. The summed E-state index contributed by atoms with van der Waals surface area (Å²) in [5.41, 5.74) is 3.17. The first-order chi connectivity index (χ1) is 16.0. The molecule has 0 unspecified atom stereocenters. The van der Waals surface area contributed by atoms with Crippen LogP contribution in [-0.2, 0) is 17.1 Å². The summed E-state index contributed by atoms with van der Waals surface area (Å²) < 4.78 is 1.91. The van der Waals surface area contributed by atoms with Gasteiger partial charge in [-0.1, -0.05) is 90.5 Å². The van der Waals surface area contributed by atoms with Crippen LogP contribution in [0.5, 0.6) is 0 Å². The van der Waals surface area contributed by atoms with E-state index >= 15 is 0 Å². The lowest BCUT2D eigenvalue weighted by atomic mass is 10.0. The van der Waals surface area contributed by atoms with E-state index in [0.717, 1.165) is 23.0 Å². The Morgan fingerprint density at radius 3 is 2.73 bits per heavy atom. The predicted molar refractivity (Wildman–Crippen MR) is 135 cm³/mol. The molecule has 1 saturated carbocycles. The van der Waals surface area contributed by atoms with Gasteiger partial charge in [0.2, 0.25) is 5.91 Å². The van der Waals surface area contributed by atoms with Gasteiger partial charge in [0.15, 0.2) is 11.0 Å². The van der Waals surface area contributed by atoms with Crippen LogP contribution in [0.15, 0.2) is 47.6 Å². The van der Waals surface area contributed by atoms with Crippen molar-refractivity contribution in [2.45, 2.75) is 62.9 Å². The molecular weight excluding hydrogens is 475 g/mol. The van der Waals surface area contributed by atoms with Crippen LogP contribution >= 0.6 is 35.0 Å². The van der Waals surface area contributed by atoms with Crippen molar-refractivity contribution >= 4 is 40.9 Å². The molecule has 33 heavy (non-hydrogen) atoms. The van der Waals surface area contributed by atoms with E-state index in [1.165, 1.54) is 36.8 Å². The number of aromatic nitrogens is 3. The number of thioether (sulfide) groups is 1. The summed E-state index contributed by atoms with van der Waals surface area (Å²) in [5, 5.41) is 13.6. The zero-order valence-electron chi connectivity index (χ0n) is 18.7. The van der Waals surface area contributed by atoms with E-state index in [9.17, 15) is 4.79 Å². The fourth-order valence-electron chi connectivity index (χ4n) is 4.26. The number of nitrogens with zero attached hydrogens (tertiary/aromatic N) is 3. The van der Waals surface area contributed by atoms with E-state index in [1.54, 1.807) is 23.9 Å². The zero-order valence-corrected chi connectivity index (χ0v) is 21.0. The summed E-state index contributed by atoms with van der Waals surface area (Å²) in [6.07, 6.45) is 6.59. The summed E-state index contributed by atoms with van der Waals surface area (Å²) in [6.45, 7) is 2.37. The van der Waals surface area contributed by atoms with Crippen molar-refractivity contribution in [2.24, 2.45) is 5.92 Å². The Morgan fingerprint density at radius 2 is 1.97 bits per heavy atom. The van der Waals surface area contributed by atoms with Crippen molar-refractivity contribution in [1.82, 2.24) is 20.1 Å². The Kier molecular flexibility index (Phi) is 8.34. The molecule has 0 aliphatic heterocycles. The first-order valence-electron chi connectivity index (χ1n) is 11.3. The highest BCUT2D eigenvalue weighted by atomic mass is 35.5. The van der Waals surface area contributed by atoms with Crippen LogP contribution in [0.3, 0.4) is 0 Å². The third-order valence-corrected chi connectivity index (χ3v) is 7.54. The Balaban J connectivity index is 1.50. The van der Waals surface area contributed by atoms with Crippen LogP contribution in [0.2, 0.25) is 10.0 Å². The van der Waals surface area contributed by atoms with Gasteiger partial charge in [-0.15, -0.1) is 10.2 Å². The van der Waals surface area contributed by atoms with Crippen LogP contribution in [0, 0.1) is 12.8 Å². The van der Waals surface area contributed by atoms with Gasteiger partial charge in [0, 0.05) is 17.2 Å². The molecule has 0 saturated heterocycles. The summed E-state index contributed by atoms with van der Waals surface area (Å²) >= 11 is 14.2. The second-order valence-electron chi connectivity index (χ2n) is 8.57. The summed E-state index contributed by atoms with van der Waals surface area (Å²) in [4.78, 5) is 12.5. The highest BCUT2D eigenvalue weighted by Crippen LogP contribution is 2.31. The monoisotopic (exact) mass is 502 g/mol. The van der Waals surface area contributed by atoms with E-state index in [2.05, 4.69) is 46.7 Å². The molecular formula is C25H28Cl2N4OS. The summed E-state index contributed by atoms with van der Waals surface area (Å²) in [7, 11) is 0. The molecule has 1 aliphatic carbocycles. The van der Waals surface area contributed by atoms with Crippen LogP contribution in [-0.4, -0.2) is 20.7 Å². The van der Waals surface area contributed by atoms with E-state index in [1.807, 2.05) is 10.6 Å². The first kappa shape index (κ1) is 24.1. The fourth-order valence-corrected chi connectivity index (χ4v) is 5.66. The topological polar surface area (TPSA) is 59.8 Å². The van der Waals surface area contributed by atoms with Crippen LogP contribution in [0.25, 0.3) is 5.69 Å². The maximum absolute atomic E-state index is 12.5. The SMILES string of the molecule is Cc1cccc(CSc2nnc(CNC(=O)CCC3CCCC3)n2-c2ccc(Cl)cc2Cl)c1. The molecule has 0 spiro atoms.